The van der Waals surface area contributed by atoms with Crippen molar-refractivity contribution in [2.75, 3.05) is 7.11 Å². The van der Waals surface area contributed by atoms with Crippen LogP contribution in [0.5, 0.6) is 5.75 Å². The molecule has 2 amide bonds. The summed E-state index contributed by atoms with van der Waals surface area (Å²) >= 11 is 0. The van der Waals surface area contributed by atoms with E-state index in [9.17, 15) is 14.7 Å². The van der Waals surface area contributed by atoms with Crippen molar-refractivity contribution in [3.63, 3.8) is 0 Å². The van der Waals surface area contributed by atoms with E-state index in [1.807, 2.05) is 0 Å². The number of aliphatic hydroxyl groups is 1. The molecule has 1 aromatic rings. The van der Waals surface area contributed by atoms with Crippen LogP contribution >= 0.6 is 0 Å². The standard InChI is InChI=1S/C16H19NO4/c1-21-11-7-5-10(6-8-11)16(20)17-13-3-2-4-14(18)12(13)9-15(17)19/h5-8,12-14,18H,2-4,9H2,1H3. The van der Waals surface area contributed by atoms with Gasteiger partial charge in [-0.05, 0) is 43.5 Å². The van der Waals surface area contributed by atoms with Gasteiger partial charge in [-0.15, -0.1) is 0 Å². The third-order valence-corrected chi connectivity index (χ3v) is 4.55. The zero-order chi connectivity index (χ0) is 15.0. The van der Waals surface area contributed by atoms with Gasteiger partial charge in [0.1, 0.15) is 5.75 Å². The Morgan fingerprint density at radius 3 is 2.67 bits per heavy atom. The van der Waals surface area contributed by atoms with Crippen LogP contribution < -0.4 is 4.74 Å². The molecule has 112 valence electrons. The summed E-state index contributed by atoms with van der Waals surface area (Å²) in [6.45, 7) is 0. The Hall–Kier alpha value is -1.88. The fourth-order valence-electron chi connectivity index (χ4n) is 3.43. The number of carbonyl (C=O) groups is 2. The van der Waals surface area contributed by atoms with Crippen molar-refractivity contribution in [1.29, 1.82) is 0 Å². The smallest absolute Gasteiger partial charge is 0.260 e. The molecule has 3 unspecified atom stereocenters. The maximum absolute atomic E-state index is 12.6. The maximum atomic E-state index is 12.6. The van der Waals surface area contributed by atoms with Gasteiger partial charge in [-0.2, -0.15) is 0 Å². The Morgan fingerprint density at radius 2 is 2.00 bits per heavy atom. The summed E-state index contributed by atoms with van der Waals surface area (Å²) in [6.07, 6.45) is 2.16. The molecule has 1 aliphatic carbocycles. The molecule has 2 aliphatic rings. The molecule has 1 aromatic carbocycles. The highest BCUT2D eigenvalue weighted by Gasteiger charge is 2.47. The van der Waals surface area contributed by atoms with Crippen molar-refractivity contribution in [1.82, 2.24) is 4.90 Å². The number of benzene rings is 1. The second kappa shape index (κ2) is 5.48. The number of imide groups is 1. The average molecular weight is 289 g/mol. The van der Waals surface area contributed by atoms with Crippen molar-refractivity contribution in [2.24, 2.45) is 5.92 Å². The minimum Gasteiger partial charge on any atom is -0.497 e. The van der Waals surface area contributed by atoms with Crippen LogP contribution in [0, 0.1) is 5.92 Å². The van der Waals surface area contributed by atoms with Crippen molar-refractivity contribution in [3.8, 4) is 5.75 Å². The van der Waals surface area contributed by atoms with Crippen LogP contribution in [0.15, 0.2) is 24.3 Å². The summed E-state index contributed by atoms with van der Waals surface area (Å²) in [4.78, 5) is 26.2. The highest BCUT2D eigenvalue weighted by atomic mass is 16.5. The van der Waals surface area contributed by atoms with E-state index < -0.39 is 6.10 Å². The van der Waals surface area contributed by atoms with E-state index >= 15 is 0 Å². The lowest BCUT2D eigenvalue weighted by molar-refractivity contribution is -0.126. The van der Waals surface area contributed by atoms with Crippen LogP contribution in [0.1, 0.15) is 36.0 Å². The first kappa shape index (κ1) is 14.1. The molecular weight excluding hydrogens is 270 g/mol. The summed E-state index contributed by atoms with van der Waals surface area (Å²) in [7, 11) is 1.56. The SMILES string of the molecule is COc1ccc(C(=O)N2C(=O)CC3C(O)CCCC32)cc1. The minimum absolute atomic E-state index is 0.103. The normalized spacial score (nSPS) is 28.4. The van der Waals surface area contributed by atoms with Gasteiger partial charge in [0.15, 0.2) is 0 Å². The average Bonchev–Trinajstić information content (AvgIpc) is 2.84. The van der Waals surface area contributed by atoms with Crippen LogP contribution in [0.25, 0.3) is 0 Å². The Labute approximate surface area is 123 Å². The van der Waals surface area contributed by atoms with E-state index in [2.05, 4.69) is 0 Å². The molecule has 1 saturated heterocycles. The molecule has 1 saturated carbocycles. The molecule has 21 heavy (non-hydrogen) atoms. The molecule has 2 fully saturated rings. The summed E-state index contributed by atoms with van der Waals surface area (Å²) in [6, 6.07) is 6.60. The Bertz CT molecular complexity index is 554. The van der Waals surface area contributed by atoms with Gasteiger partial charge in [0.05, 0.1) is 13.2 Å². The predicted octanol–water partition coefficient (Wildman–Crippen LogP) is 1.60. The Balaban J connectivity index is 1.84. The number of rotatable bonds is 2. The number of aliphatic hydroxyl groups excluding tert-OH is 1. The number of likely N-dealkylation sites (tertiary alicyclic amines) is 1. The van der Waals surface area contributed by atoms with Gasteiger partial charge in [-0.3, -0.25) is 14.5 Å². The molecular formula is C16H19NO4. The molecule has 1 N–H and O–H groups in total. The van der Waals surface area contributed by atoms with E-state index in [0.29, 0.717) is 11.3 Å². The molecule has 3 rings (SSSR count). The van der Waals surface area contributed by atoms with Crippen LogP contribution in [0.3, 0.4) is 0 Å². The minimum atomic E-state index is -0.471. The Kier molecular flexibility index (Phi) is 3.68. The highest BCUT2D eigenvalue weighted by molar-refractivity contribution is 6.06. The fraction of sp³-hybridized carbons (Fsp3) is 0.500. The van der Waals surface area contributed by atoms with Crippen LogP contribution in [0.4, 0.5) is 0 Å². The van der Waals surface area contributed by atoms with Crippen molar-refractivity contribution in [3.05, 3.63) is 29.8 Å². The number of ether oxygens (including phenoxy) is 1. The van der Waals surface area contributed by atoms with Gasteiger partial charge in [0, 0.05) is 23.9 Å². The number of hydrogen-bond acceptors (Lipinski definition) is 4. The molecule has 0 aromatic heterocycles. The molecule has 0 bridgehead atoms. The van der Waals surface area contributed by atoms with Crippen molar-refractivity contribution < 1.29 is 19.4 Å². The van der Waals surface area contributed by atoms with Gasteiger partial charge < -0.3 is 9.84 Å². The fourth-order valence-corrected chi connectivity index (χ4v) is 3.43. The largest absolute Gasteiger partial charge is 0.497 e. The summed E-state index contributed by atoms with van der Waals surface area (Å²) in [5.74, 6) is 0.120. The topological polar surface area (TPSA) is 66.8 Å². The zero-order valence-electron chi connectivity index (χ0n) is 12.0. The number of carbonyl (C=O) groups excluding carboxylic acids is 2. The molecule has 1 heterocycles. The van der Waals surface area contributed by atoms with E-state index in [0.717, 1.165) is 19.3 Å². The lowest BCUT2D eigenvalue weighted by Gasteiger charge is -2.33. The van der Waals surface area contributed by atoms with Gasteiger partial charge in [0.2, 0.25) is 5.91 Å². The molecule has 0 spiro atoms. The van der Waals surface area contributed by atoms with Crippen molar-refractivity contribution >= 4 is 11.8 Å². The van der Waals surface area contributed by atoms with E-state index in [-0.39, 0.29) is 30.2 Å². The quantitative estimate of drug-likeness (QED) is 0.840. The number of methoxy groups -OCH3 is 1. The number of fused-ring (bicyclic) bond motifs is 1. The van der Waals surface area contributed by atoms with E-state index in [1.165, 1.54) is 4.90 Å². The van der Waals surface area contributed by atoms with Crippen molar-refractivity contribution in [2.45, 2.75) is 37.8 Å². The number of amides is 2. The zero-order valence-corrected chi connectivity index (χ0v) is 12.0. The van der Waals surface area contributed by atoms with Gasteiger partial charge in [0.25, 0.3) is 5.91 Å². The first-order chi connectivity index (χ1) is 10.1. The molecule has 0 radical (unpaired) electrons. The molecule has 5 heteroatoms. The summed E-state index contributed by atoms with van der Waals surface area (Å²) in [5, 5.41) is 10.0. The number of hydrogen-bond donors (Lipinski definition) is 1. The lowest BCUT2D eigenvalue weighted by Crippen LogP contribution is -2.44. The van der Waals surface area contributed by atoms with Gasteiger partial charge >= 0.3 is 0 Å². The second-order valence-electron chi connectivity index (χ2n) is 5.73. The lowest BCUT2D eigenvalue weighted by atomic mass is 9.82. The van der Waals surface area contributed by atoms with Crippen LogP contribution in [0.2, 0.25) is 0 Å². The highest BCUT2D eigenvalue weighted by Crippen LogP contribution is 2.38. The third-order valence-electron chi connectivity index (χ3n) is 4.55. The van der Waals surface area contributed by atoms with E-state index in [4.69, 9.17) is 4.74 Å². The molecule has 3 atom stereocenters. The predicted molar refractivity (Wildman–Crippen MR) is 75.9 cm³/mol. The van der Waals surface area contributed by atoms with Gasteiger partial charge in [-0.25, -0.2) is 0 Å². The third kappa shape index (κ3) is 2.42. The molecule has 5 nitrogen and oxygen atoms in total. The second-order valence-corrected chi connectivity index (χ2v) is 5.73. The van der Waals surface area contributed by atoms with Gasteiger partial charge in [-0.1, -0.05) is 0 Å². The monoisotopic (exact) mass is 289 g/mol. The first-order valence-corrected chi connectivity index (χ1v) is 7.30. The van der Waals surface area contributed by atoms with Crippen LogP contribution in [-0.2, 0) is 4.79 Å². The maximum Gasteiger partial charge on any atom is 0.260 e. The first-order valence-electron chi connectivity index (χ1n) is 7.30. The Morgan fingerprint density at radius 1 is 1.29 bits per heavy atom. The van der Waals surface area contributed by atoms with Crippen LogP contribution in [-0.4, -0.2) is 41.1 Å². The summed E-state index contributed by atoms with van der Waals surface area (Å²) < 4.78 is 5.07. The number of nitrogens with zero attached hydrogens (tertiary/aromatic N) is 1. The molecule has 1 aliphatic heterocycles. The summed E-state index contributed by atoms with van der Waals surface area (Å²) in [5.41, 5.74) is 0.477. The van der Waals surface area contributed by atoms with E-state index in [1.54, 1.807) is 31.4 Å².